The van der Waals surface area contributed by atoms with Crippen LogP contribution < -0.4 is 15.4 Å². The molecule has 0 atom stereocenters. The highest BCUT2D eigenvalue weighted by Crippen LogP contribution is 2.27. The fourth-order valence-corrected chi connectivity index (χ4v) is 4.61. The zero-order valence-corrected chi connectivity index (χ0v) is 18.8. The van der Waals surface area contributed by atoms with Crippen molar-refractivity contribution in [2.75, 3.05) is 32.8 Å². The second-order valence-electron chi connectivity index (χ2n) is 8.65. The Labute approximate surface area is 182 Å². The Balaban J connectivity index is 1.48. The Kier molecular flexibility index (Phi) is 9.12. The van der Waals surface area contributed by atoms with E-state index in [0.29, 0.717) is 24.9 Å². The average molecular weight is 417 g/mol. The molecule has 1 saturated carbocycles. The standard InChI is InChI=1S/C24H40N4O2/c1-3-25-24(26-17-20-10-11-22(29)23(16-20)30-4-2)27-21-12-14-28(15-13-21)18-19-8-6-5-7-9-19/h10-11,16,19,21,29H,3-9,12-15,17-18H2,1-2H3,(H2,25,26,27). The summed E-state index contributed by atoms with van der Waals surface area (Å²) < 4.78 is 5.48. The van der Waals surface area contributed by atoms with E-state index >= 15 is 0 Å². The molecule has 1 saturated heterocycles. The van der Waals surface area contributed by atoms with Crippen molar-refractivity contribution in [2.45, 2.75) is 71.4 Å². The normalized spacial score (nSPS) is 19.6. The second kappa shape index (κ2) is 12.0. The molecule has 1 aliphatic carbocycles. The third kappa shape index (κ3) is 7.08. The number of nitrogens with one attached hydrogen (secondary N) is 2. The molecule has 3 N–H and O–H groups in total. The molecule has 1 heterocycles. The molecule has 6 heteroatoms. The van der Waals surface area contributed by atoms with Crippen molar-refractivity contribution in [3.63, 3.8) is 0 Å². The van der Waals surface area contributed by atoms with E-state index in [1.165, 1.54) is 64.6 Å². The highest BCUT2D eigenvalue weighted by molar-refractivity contribution is 5.80. The first kappa shape index (κ1) is 22.7. The minimum atomic E-state index is 0.176. The van der Waals surface area contributed by atoms with E-state index in [1.807, 2.05) is 19.1 Å². The zero-order valence-electron chi connectivity index (χ0n) is 18.8. The van der Waals surface area contributed by atoms with Gasteiger partial charge in [0.2, 0.25) is 0 Å². The molecule has 30 heavy (non-hydrogen) atoms. The van der Waals surface area contributed by atoms with Crippen LogP contribution in [0, 0.1) is 5.92 Å². The molecule has 1 aliphatic heterocycles. The van der Waals surface area contributed by atoms with Crippen LogP contribution in [-0.2, 0) is 6.54 Å². The molecule has 0 amide bonds. The van der Waals surface area contributed by atoms with Crippen molar-refractivity contribution in [2.24, 2.45) is 10.9 Å². The summed E-state index contributed by atoms with van der Waals surface area (Å²) >= 11 is 0. The number of rotatable bonds is 8. The summed E-state index contributed by atoms with van der Waals surface area (Å²) in [7, 11) is 0. The minimum Gasteiger partial charge on any atom is -0.504 e. The van der Waals surface area contributed by atoms with Crippen LogP contribution >= 0.6 is 0 Å². The molecule has 168 valence electrons. The predicted octanol–water partition coefficient (Wildman–Crippen LogP) is 3.89. The lowest BCUT2D eigenvalue weighted by Crippen LogP contribution is -2.49. The number of piperidine rings is 1. The first-order chi connectivity index (χ1) is 14.7. The van der Waals surface area contributed by atoms with Crippen LogP contribution in [0.5, 0.6) is 11.5 Å². The maximum absolute atomic E-state index is 9.88. The summed E-state index contributed by atoms with van der Waals surface area (Å²) in [6, 6.07) is 5.92. The van der Waals surface area contributed by atoms with E-state index in [1.54, 1.807) is 6.07 Å². The van der Waals surface area contributed by atoms with Gasteiger partial charge in [0.25, 0.3) is 0 Å². The summed E-state index contributed by atoms with van der Waals surface area (Å²) in [6.45, 7) is 9.60. The Bertz CT molecular complexity index is 665. The van der Waals surface area contributed by atoms with Gasteiger partial charge < -0.3 is 25.4 Å². The van der Waals surface area contributed by atoms with Gasteiger partial charge in [-0.05, 0) is 63.1 Å². The second-order valence-corrected chi connectivity index (χ2v) is 8.65. The monoisotopic (exact) mass is 416 g/mol. The minimum absolute atomic E-state index is 0.176. The van der Waals surface area contributed by atoms with Gasteiger partial charge in [0, 0.05) is 32.2 Å². The maximum atomic E-state index is 9.88. The van der Waals surface area contributed by atoms with E-state index in [0.717, 1.165) is 24.0 Å². The molecule has 0 spiro atoms. The molecular formula is C24H40N4O2. The van der Waals surface area contributed by atoms with Gasteiger partial charge in [0.15, 0.2) is 17.5 Å². The molecule has 6 nitrogen and oxygen atoms in total. The Morgan fingerprint density at radius 1 is 1.13 bits per heavy atom. The SMILES string of the molecule is CCNC(=NCc1ccc(O)c(OCC)c1)NC1CCN(CC2CCCCC2)CC1. The lowest BCUT2D eigenvalue weighted by molar-refractivity contribution is 0.160. The van der Waals surface area contributed by atoms with Crippen LogP contribution in [-0.4, -0.2) is 54.8 Å². The van der Waals surface area contributed by atoms with Gasteiger partial charge in [-0.25, -0.2) is 4.99 Å². The first-order valence-electron chi connectivity index (χ1n) is 11.9. The van der Waals surface area contributed by atoms with Crippen molar-refractivity contribution < 1.29 is 9.84 Å². The Morgan fingerprint density at radius 2 is 1.90 bits per heavy atom. The van der Waals surface area contributed by atoms with Gasteiger partial charge in [-0.2, -0.15) is 0 Å². The van der Waals surface area contributed by atoms with Crippen LogP contribution in [0.3, 0.4) is 0 Å². The summed E-state index contributed by atoms with van der Waals surface area (Å²) in [5.41, 5.74) is 1.02. The summed E-state index contributed by atoms with van der Waals surface area (Å²) in [4.78, 5) is 7.44. The largest absolute Gasteiger partial charge is 0.504 e. The van der Waals surface area contributed by atoms with Gasteiger partial charge in [0.1, 0.15) is 0 Å². The van der Waals surface area contributed by atoms with Gasteiger partial charge in [-0.1, -0.05) is 25.3 Å². The summed E-state index contributed by atoms with van der Waals surface area (Å²) in [5, 5.41) is 16.9. The summed E-state index contributed by atoms with van der Waals surface area (Å²) in [6.07, 6.45) is 9.49. The van der Waals surface area contributed by atoms with E-state index in [4.69, 9.17) is 9.73 Å². The highest BCUT2D eigenvalue weighted by atomic mass is 16.5. The molecule has 1 aromatic rings. The number of hydrogen-bond donors (Lipinski definition) is 3. The number of benzene rings is 1. The third-order valence-corrected chi connectivity index (χ3v) is 6.26. The van der Waals surface area contributed by atoms with E-state index < -0.39 is 0 Å². The molecular weight excluding hydrogens is 376 g/mol. The molecule has 2 fully saturated rings. The fourth-order valence-electron chi connectivity index (χ4n) is 4.61. The third-order valence-electron chi connectivity index (χ3n) is 6.26. The molecule has 0 bridgehead atoms. The van der Waals surface area contributed by atoms with Gasteiger partial charge >= 0.3 is 0 Å². The quantitative estimate of drug-likeness (QED) is 0.443. The van der Waals surface area contributed by atoms with Gasteiger partial charge in [0.05, 0.1) is 13.2 Å². The number of likely N-dealkylation sites (tertiary alicyclic amines) is 1. The van der Waals surface area contributed by atoms with Crippen LogP contribution in [0.2, 0.25) is 0 Å². The van der Waals surface area contributed by atoms with Crippen molar-refractivity contribution in [1.29, 1.82) is 0 Å². The Morgan fingerprint density at radius 3 is 2.60 bits per heavy atom. The van der Waals surface area contributed by atoms with Crippen LogP contribution in [0.1, 0.15) is 64.4 Å². The molecule has 0 radical (unpaired) electrons. The van der Waals surface area contributed by atoms with Crippen molar-refractivity contribution in [1.82, 2.24) is 15.5 Å². The first-order valence-corrected chi connectivity index (χ1v) is 11.9. The number of ether oxygens (including phenoxy) is 1. The number of nitrogens with zero attached hydrogens (tertiary/aromatic N) is 2. The van der Waals surface area contributed by atoms with Crippen molar-refractivity contribution in [3.8, 4) is 11.5 Å². The van der Waals surface area contributed by atoms with Crippen LogP contribution in [0.4, 0.5) is 0 Å². The number of phenolic OH excluding ortho intramolecular Hbond substituents is 1. The number of aromatic hydroxyl groups is 1. The number of hydrogen-bond acceptors (Lipinski definition) is 4. The predicted molar refractivity (Wildman–Crippen MR) is 123 cm³/mol. The molecule has 0 unspecified atom stereocenters. The summed E-state index contributed by atoms with van der Waals surface area (Å²) in [5.74, 6) is 2.49. The highest BCUT2D eigenvalue weighted by Gasteiger charge is 2.23. The number of guanidine groups is 1. The fraction of sp³-hybridized carbons (Fsp3) is 0.708. The van der Waals surface area contributed by atoms with Gasteiger partial charge in [-0.3, -0.25) is 0 Å². The molecule has 3 rings (SSSR count). The van der Waals surface area contributed by atoms with Crippen molar-refractivity contribution in [3.05, 3.63) is 23.8 Å². The molecule has 0 aromatic heterocycles. The van der Waals surface area contributed by atoms with E-state index in [-0.39, 0.29) is 5.75 Å². The lowest BCUT2D eigenvalue weighted by Gasteiger charge is -2.36. The smallest absolute Gasteiger partial charge is 0.191 e. The van der Waals surface area contributed by atoms with E-state index in [9.17, 15) is 5.11 Å². The van der Waals surface area contributed by atoms with Gasteiger partial charge in [-0.15, -0.1) is 0 Å². The van der Waals surface area contributed by atoms with Crippen LogP contribution in [0.15, 0.2) is 23.2 Å². The molecule has 1 aromatic carbocycles. The number of aliphatic imine (C=N–C) groups is 1. The van der Waals surface area contributed by atoms with E-state index in [2.05, 4.69) is 22.5 Å². The Hall–Kier alpha value is -1.95. The van der Waals surface area contributed by atoms with Crippen molar-refractivity contribution >= 4 is 5.96 Å². The lowest BCUT2D eigenvalue weighted by atomic mass is 9.88. The molecule has 2 aliphatic rings. The number of phenols is 1. The average Bonchev–Trinajstić information content (AvgIpc) is 2.76. The zero-order chi connectivity index (χ0) is 21.2. The van der Waals surface area contributed by atoms with Crippen LogP contribution in [0.25, 0.3) is 0 Å². The maximum Gasteiger partial charge on any atom is 0.191 e. The topological polar surface area (TPSA) is 69.1 Å².